The van der Waals surface area contributed by atoms with Crippen LogP contribution in [-0.4, -0.2) is 15.5 Å². The van der Waals surface area contributed by atoms with E-state index < -0.39 is 0 Å². The van der Waals surface area contributed by atoms with Gasteiger partial charge < -0.3 is 10.3 Å². The predicted octanol–water partition coefficient (Wildman–Crippen LogP) is 1.60. The molecule has 0 saturated carbocycles. The maximum atomic E-state index is 11.0. The largest absolute Gasteiger partial charge is 0.368 e. The molecule has 0 aliphatic rings. The van der Waals surface area contributed by atoms with Crippen LogP contribution in [-0.2, 0) is 4.79 Å². The number of aromatic nitrogens is 2. The van der Waals surface area contributed by atoms with Gasteiger partial charge in [0.2, 0.25) is 5.91 Å². The Bertz CT molecular complexity index is 490. The Morgan fingerprint density at radius 2 is 2.06 bits per heavy atom. The Balaban J connectivity index is 2.30. The third-order valence-electron chi connectivity index (χ3n) is 2.53. The van der Waals surface area contributed by atoms with Crippen LogP contribution in [0.15, 0.2) is 42.9 Å². The van der Waals surface area contributed by atoms with Crippen LogP contribution in [0.3, 0.4) is 0 Å². The molecule has 1 aromatic carbocycles. The molecule has 0 saturated heterocycles. The molecule has 2 rings (SSSR count). The molecule has 0 aliphatic carbocycles. The van der Waals surface area contributed by atoms with Crippen molar-refractivity contribution in [1.29, 1.82) is 0 Å². The number of amides is 1. The van der Waals surface area contributed by atoms with Gasteiger partial charge >= 0.3 is 0 Å². The smallest absolute Gasteiger partial charge is 0.240 e. The minimum Gasteiger partial charge on any atom is -0.368 e. The van der Waals surface area contributed by atoms with Crippen molar-refractivity contribution in [2.75, 3.05) is 0 Å². The van der Waals surface area contributed by atoms with Gasteiger partial charge in [-0.2, -0.15) is 0 Å². The zero-order valence-corrected chi connectivity index (χ0v) is 9.00. The lowest BCUT2D eigenvalue weighted by atomic mass is 10.2. The van der Waals surface area contributed by atoms with Crippen LogP contribution in [0.2, 0.25) is 0 Å². The third-order valence-corrected chi connectivity index (χ3v) is 2.53. The highest BCUT2D eigenvalue weighted by Gasteiger charge is 2.11. The summed E-state index contributed by atoms with van der Waals surface area (Å²) in [6.07, 6.45) is 3.45. The number of imidazole rings is 1. The van der Waals surface area contributed by atoms with E-state index in [-0.39, 0.29) is 11.9 Å². The Morgan fingerprint density at radius 3 is 2.69 bits per heavy atom. The molecule has 1 aromatic heterocycles. The van der Waals surface area contributed by atoms with Crippen LogP contribution < -0.4 is 5.73 Å². The first-order chi connectivity index (χ1) is 7.68. The highest BCUT2D eigenvalue weighted by Crippen LogP contribution is 2.17. The Hall–Kier alpha value is -2.10. The summed E-state index contributed by atoms with van der Waals surface area (Å²) in [5.41, 5.74) is 7.10. The van der Waals surface area contributed by atoms with Gasteiger partial charge in [-0.1, -0.05) is 30.3 Å². The van der Waals surface area contributed by atoms with Crippen LogP contribution in [0.4, 0.5) is 0 Å². The molecule has 0 aliphatic heterocycles. The van der Waals surface area contributed by atoms with Crippen molar-refractivity contribution in [2.45, 2.75) is 13.0 Å². The van der Waals surface area contributed by atoms with Crippen molar-refractivity contribution in [3.05, 3.63) is 42.9 Å². The molecule has 0 radical (unpaired) electrons. The Kier molecular flexibility index (Phi) is 2.72. The monoisotopic (exact) mass is 215 g/mol. The number of carbonyl (C=O) groups is 1. The van der Waals surface area contributed by atoms with E-state index in [2.05, 4.69) is 4.98 Å². The van der Waals surface area contributed by atoms with E-state index in [0.29, 0.717) is 0 Å². The molecule has 1 atom stereocenters. The van der Waals surface area contributed by atoms with E-state index in [9.17, 15) is 4.79 Å². The van der Waals surface area contributed by atoms with Crippen molar-refractivity contribution in [3.8, 4) is 11.3 Å². The number of primary amides is 1. The van der Waals surface area contributed by atoms with Crippen molar-refractivity contribution >= 4 is 5.91 Å². The molecule has 0 fully saturated rings. The number of rotatable bonds is 3. The van der Waals surface area contributed by atoms with Gasteiger partial charge in [-0.15, -0.1) is 0 Å². The van der Waals surface area contributed by atoms with Crippen LogP contribution >= 0.6 is 0 Å². The van der Waals surface area contributed by atoms with Gasteiger partial charge in [0, 0.05) is 11.8 Å². The fraction of sp³-hybridized carbons (Fsp3) is 0.167. The molecule has 0 spiro atoms. The Labute approximate surface area is 93.7 Å². The van der Waals surface area contributed by atoms with Crippen LogP contribution in [0.1, 0.15) is 13.0 Å². The van der Waals surface area contributed by atoms with Gasteiger partial charge in [-0.3, -0.25) is 4.79 Å². The number of benzene rings is 1. The molecular weight excluding hydrogens is 202 g/mol. The van der Waals surface area contributed by atoms with E-state index in [0.717, 1.165) is 11.3 Å². The predicted molar refractivity (Wildman–Crippen MR) is 61.6 cm³/mol. The molecule has 0 bridgehead atoms. The topological polar surface area (TPSA) is 60.9 Å². The van der Waals surface area contributed by atoms with Crippen LogP contribution in [0, 0.1) is 0 Å². The summed E-state index contributed by atoms with van der Waals surface area (Å²) in [6.45, 7) is 1.75. The van der Waals surface area contributed by atoms with Crippen LogP contribution in [0.25, 0.3) is 11.3 Å². The summed E-state index contributed by atoms with van der Waals surface area (Å²) in [4.78, 5) is 15.3. The first-order valence-corrected chi connectivity index (χ1v) is 5.06. The molecule has 16 heavy (non-hydrogen) atoms. The zero-order chi connectivity index (χ0) is 11.5. The Morgan fingerprint density at radius 1 is 1.38 bits per heavy atom. The lowest BCUT2D eigenvalue weighted by Gasteiger charge is -2.07. The van der Waals surface area contributed by atoms with Gasteiger partial charge in [-0.05, 0) is 6.92 Å². The maximum Gasteiger partial charge on any atom is 0.240 e. The summed E-state index contributed by atoms with van der Waals surface area (Å²) in [5.74, 6) is -0.364. The molecule has 4 heteroatoms. The number of carbonyl (C=O) groups excluding carboxylic acids is 1. The second-order valence-corrected chi connectivity index (χ2v) is 3.65. The quantitative estimate of drug-likeness (QED) is 0.845. The number of nitrogens with two attached hydrogens (primary N) is 1. The van der Waals surface area contributed by atoms with Gasteiger partial charge in [0.25, 0.3) is 0 Å². The molecule has 1 heterocycles. The molecule has 4 nitrogen and oxygen atoms in total. The lowest BCUT2D eigenvalue weighted by molar-refractivity contribution is -0.120. The van der Waals surface area contributed by atoms with E-state index in [4.69, 9.17) is 5.73 Å². The van der Waals surface area contributed by atoms with E-state index in [1.54, 1.807) is 17.8 Å². The van der Waals surface area contributed by atoms with Crippen molar-refractivity contribution in [1.82, 2.24) is 9.55 Å². The van der Waals surface area contributed by atoms with Crippen molar-refractivity contribution in [2.24, 2.45) is 5.73 Å². The summed E-state index contributed by atoms with van der Waals surface area (Å²) in [7, 11) is 0. The van der Waals surface area contributed by atoms with Crippen molar-refractivity contribution in [3.63, 3.8) is 0 Å². The van der Waals surface area contributed by atoms with Gasteiger partial charge in [0.15, 0.2) is 0 Å². The molecule has 1 unspecified atom stereocenters. The highest BCUT2D eigenvalue weighted by molar-refractivity contribution is 5.78. The van der Waals surface area contributed by atoms with Gasteiger partial charge in [-0.25, -0.2) is 4.98 Å². The standard InChI is InChI=1S/C12H13N3O/c1-9(12(13)16)15-7-11(14-8-15)10-5-3-2-4-6-10/h2-9H,1H3,(H2,13,16). The average Bonchev–Trinajstić information content (AvgIpc) is 2.78. The highest BCUT2D eigenvalue weighted by atomic mass is 16.1. The first-order valence-electron chi connectivity index (χ1n) is 5.06. The van der Waals surface area contributed by atoms with Gasteiger partial charge in [0.1, 0.15) is 6.04 Å². The number of hydrogen-bond acceptors (Lipinski definition) is 2. The number of nitrogens with zero attached hydrogens (tertiary/aromatic N) is 2. The summed E-state index contributed by atoms with van der Waals surface area (Å²) in [5, 5.41) is 0. The molecule has 82 valence electrons. The molecular formula is C12H13N3O. The number of hydrogen-bond donors (Lipinski definition) is 1. The maximum absolute atomic E-state index is 11.0. The van der Waals surface area contributed by atoms with Crippen molar-refractivity contribution < 1.29 is 4.79 Å². The fourth-order valence-electron chi connectivity index (χ4n) is 1.45. The van der Waals surface area contributed by atoms with E-state index in [1.165, 1.54) is 0 Å². The second-order valence-electron chi connectivity index (χ2n) is 3.65. The molecule has 1 amide bonds. The summed E-state index contributed by atoms with van der Waals surface area (Å²) in [6, 6.07) is 9.43. The SMILES string of the molecule is CC(C(N)=O)n1cnc(-c2ccccc2)c1. The summed E-state index contributed by atoms with van der Waals surface area (Å²) >= 11 is 0. The fourth-order valence-corrected chi connectivity index (χ4v) is 1.45. The average molecular weight is 215 g/mol. The minimum atomic E-state index is -0.370. The zero-order valence-electron chi connectivity index (χ0n) is 9.00. The molecule has 2 N–H and O–H groups in total. The molecule has 2 aromatic rings. The van der Waals surface area contributed by atoms with E-state index >= 15 is 0 Å². The normalized spacial score (nSPS) is 12.3. The lowest BCUT2D eigenvalue weighted by Crippen LogP contribution is -2.22. The third kappa shape index (κ3) is 1.95. The van der Waals surface area contributed by atoms with Gasteiger partial charge in [0.05, 0.1) is 12.0 Å². The second kappa shape index (κ2) is 4.18. The summed E-state index contributed by atoms with van der Waals surface area (Å²) < 4.78 is 1.71. The van der Waals surface area contributed by atoms with Crippen LogP contribution in [0.5, 0.6) is 0 Å². The minimum absolute atomic E-state index is 0.364. The van der Waals surface area contributed by atoms with E-state index in [1.807, 2.05) is 36.5 Å². The first kappa shape index (κ1) is 10.4.